The van der Waals surface area contributed by atoms with Gasteiger partial charge in [0, 0.05) is 30.8 Å². The summed E-state index contributed by atoms with van der Waals surface area (Å²) in [5, 5.41) is 0. The van der Waals surface area contributed by atoms with E-state index in [0.717, 1.165) is 32.0 Å². The van der Waals surface area contributed by atoms with E-state index in [1.807, 2.05) is 6.07 Å². The largest absolute Gasteiger partial charge is 0.399 e. The zero-order valence-electron chi connectivity index (χ0n) is 13.6. The van der Waals surface area contributed by atoms with Crippen molar-refractivity contribution in [2.75, 3.05) is 38.6 Å². The number of ether oxygens (including phenoxy) is 1. The zero-order chi connectivity index (χ0) is 15.1. The highest BCUT2D eigenvalue weighted by atomic mass is 16.5. The molecule has 0 saturated carbocycles. The van der Waals surface area contributed by atoms with Gasteiger partial charge in [-0.05, 0) is 50.4 Å². The molecule has 118 valence electrons. The summed E-state index contributed by atoms with van der Waals surface area (Å²) in [6.45, 7) is 9.38. The van der Waals surface area contributed by atoms with Gasteiger partial charge in [0.25, 0.3) is 0 Å². The highest BCUT2D eigenvalue weighted by Gasteiger charge is 2.34. The second-order valence-electron chi connectivity index (χ2n) is 6.19. The van der Waals surface area contributed by atoms with Crippen molar-refractivity contribution < 1.29 is 4.74 Å². The van der Waals surface area contributed by atoms with Crippen LogP contribution in [0.5, 0.6) is 0 Å². The van der Waals surface area contributed by atoms with E-state index >= 15 is 0 Å². The monoisotopic (exact) mass is 290 g/mol. The van der Waals surface area contributed by atoms with E-state index in [0.29, 0.717) is 0 Å². The molecule has 1 aromatic carbocycles. The third kappa shape index (κ3) is 4.21. The van der Waals surface area contributed by atoms with Gasteiger partial charge in [0.1, 0.15) is 0 Å². The molecule has 0 radical (unpaired) electrons. The SMILES string of the molecule is CCOCCN1CCCCC(CC)(c2cccc(N)c2)C1. The Morgan fingerprint density at radius 1 is 1.29 bits per heavy atom. The topological polar surface area (TPSA) is 38.5 Å². The van der Waals surface area contributed by atoms with Gasteiger partial charge in [0.2, 0.25) is 0 Å². The quantitative estimate of drug-likeness (QED) is 0.644. The predicted octanol–water partition coefficient (Wildman–Crippen LogP) is 3.44. The van der Waals surface area contributed by atoms with E-state index < -0.39 is 0 Å². The summed E-state index contributed by atoms with van der Waals surface area (Å²) in [6.07, 6.45) is 5.02. The summed E-state index contributed by atoms with van der Waals surface area (Å²) in [6, 6.07) is 8.51. The van der Waals surface area contributed by atoms with Crippen LogP contribution in [-0.2, 0) is 10.2 Å². The maximum Gasteiger partial charge on any atom is 0.0593 e. The summed E-state index contributed by atoms with van der Waals surface area (Å²) in [5.74, 6) is 0. The predicted molar refractivity (Wildman–Crippen MR) is 89.6 cm³/mol. The summed E-state index contributed by atoms with van der Waals surface area (Å²) in [7, 11) is 0. The van der Waals surface area contributed by atoms with Gasteiger partial charge in [-0.1, -0.05) is 25.5 Å². The number of nitrogens with zero attached hydrogens (tertiary/aromatic N) is 1. The van der Waals surface area contributed by atoms with E-state index in [1.54, 1.807) is 0 Å². The molecule has 1 heterocycles. The third-order valence-corrected chi connectivity index (χ3v) is 4.84. The van der Waals surface area contributed by atoms with Crippen LogP contribution in [0, 0.1) is 0 Å². The second-order valence-corrected chi connectivity index (χ2v) is 6.19. The number of hydrogen-bond donors (Lipinski definition) is 1. The fraction of sp³-hybridized carbons (Fsp3) is 0.667. The summed E-state index contributed by atoms with van der Waals surface area (Å²) >= 11 is 0. The van der Waals surface area contributed by atoms with E-state index in [4.69, 9.17) is 10.5 Å². The van der Waals surface area contributed by atoms with Crippen molar-refractivity contribution in [3.8, 4) is 0 Å². The van der Waals surface area contributed by atoms with E-state index in [9.17, 15) is 0 Å². The normalized spacial score (nSPS) is 23.9. The van der Waals surface area contributed by atoms with Crippen molar-refractivity contribution in [2.45, 2.75) is 44.9 Å². The van der Waals surface area contributed by atoms with Gasteiger partial charge >= 0.3 is 0 Å². The molecule has 0 aliphatic carbocycles. The first kappa shape index (κ1) is 16.3. The number of hydrogen-bond acceptors (Lipinski definition) is 3. The fourth-order valence-corrected chi connectivity index (χ4v) is 3.51. The van der Waals surface area contributed by atoms with Crippen LogP contribution < -0.4 is 5.73 Å². The van der Waals surface area contributed by atoms with Gasteiger partial charge in [-0.2, -0.15) is 0 Å². The lowest BCUT2D eigenvalue weighted by Crippen LogP contribution is -2.40. The Bertz CT molecular complexity index is 435. The minimum absolute atomic E-state index is 0.248. The second kappa shape index (κ2) is 7.81. The lowest BCUT2D eigenvalue weighted by Gasteiger charge is -2.36. The first-order valence-corrected chi connectivity index (χ1v) is 8.36. The van der Waals surface area contributed by atoms with Gasteiger partial charge in [-0.15, -0.1) is 0 Å². The standard InChI is InChI=1S/C18H30N2O/c1-3-18(16-8-7-9-17(19)14-16)10-5-6-11-20(15-18)12-13-21-4-2/h7-9,14H,3-6,10-13,15,19H2,1-2H3. The summed E-state index contributed by atoms with van der Waals surface area (Å²) in [4.78, 5) is 2.58. The fourth-order valence-electron chi connectivity index (χ4n) is 3.51. The summed E-state index contributed by atoms with van der Waals surface area (Å²) in [5.41, 5.74) is 8.56. The van der Waals surface area contributed by atoms with E-state index in [2.05, 4.69) is 36.9 Å². The zero-order valence-corrected chi connectivity index (χ0v) is 13.6. The van der Waals surface area contributed by atoms with Crippen LogP contribution in [0.15, 0.2) is 24.3 Å². The van der Waals surface area contributed by atoms with Gasteiger partial charge in [-0.3, -0.25) is 0 Å². The maximum absolute atomic E-state index is 6.02. The molecule has 0 aromatic heterocycles. The Balaban J connectivity index is 2.15. The van der Waals surface area contributed by atoms with Crippen molar-refractivity contribution in [1.82, 2.24) is 4.90 Å². The number of likely N-dealkylation sites (tertiary alicyclic amines) is 1. The van der Waals surface area contributed by atoms with Gasteiger partial charge in [0.05, 0.1) is 6.61 Å². The highest BCUT2D eigenvalue weighted by Crippen LogP contribution is 2.37. The molecule has 3 nitrogen and oxygen atoms in total. The molecule has 1 fully saturated rings. The Morgan fingerprint density at radius 2 is 2.14 bits per heavy atom. The summed E-state index contributed by atoms with van der Waals surface area (Å²) < 4.78 is 5.54. The molecule has 0 spiro atoms. The maximum atomic E-state index is 6.02. The van der Waals surface area contributed by atoms with Crippen molar-refractivity contribution in [1.29, 1.82) is 0 Å². The number of rotatable bonds is 6. The van der Waals surface area contributed by atoms with E-state index in [1.165, 1.54) is 37.8 Å². The first-order valence-electron chi connectivity index (χ1n) is 8.36. The molecule has 2 rings (SSSR count). The van der Waals surface area contributed by atoms with Crippen LogP contribution in [0.2, 0.25) is 0 Å². The van der Waals surface area contributed by atoms with Crippen LogP contribution in [0.4, 0.5) is 5.69 Å². The van der Waals surface area contributed by atoms with E-state index in [-0.39, 0.29) is 5.41 Å². The molecule has 1 aromatic rings. The lowest BCUT2D eigenvalue weighted by atomic mass is 9.74. The minimum Gasteiger partial charge on any atom is -0.399 e. The molecule has 1 aliphatic rings. The molecular weight excluding hydrogens is 260 g/mol. The van der Waals surface area contributed by atoms with Crippen LogP contribution >= 0.6 is 0 Å². The smallest absolute Gasteiger partial charge is 0.0593 e. The molecule has 1 aliphatic heterocycles. The van der Waals surface area contributed by atoms with Gasteiger partial charge in [0.15, 0.2) is 0 Å². The van der Waals surface area contributed by atoms with Crippen LogP contribution in [0.3, 0.4) is 0 Å². The van der Waals surface area contributed by atoms with Crippen LogP contribution in [-0.4, -0.2) is 37.7 Å². The molecule has 21 heavy (non-hydrogen) atoms. The molecule has 2 N–H and O–H groups in total. The third-order valence-electron chi connectivity index (χ3n) is 4.84. The highest BCUT2D eigenvalue weighted by molar-refractivity contribution is 5.43. The van der Waals surface area contributed by atoms with Crippen molar-refractivity contribution >= 4 is 5.69 Å². The van der Waals surface area contributed by atoms with Crippen molar-refractivity contribution in [3.63, 3.8) is 0 Å². The van der Waals surface area contributed by atoms with Crippen LogP contribution in [0.1, 0.15) is 45.1 Å². The average Bonchev–Trinajstić information content (AvgIpc) is 2.71. The Kier molecular flexibility index (Phi) is 6.07. The molecule has 0 bridgehead atoms. The number of benzene rings is 1. The molecule has 3 heteroatoms. The Labute approximate surface area is 129 Å². The van der Waals surface area contributed by atoms with Crippen LogP contribution in [0.25, 0.3) is 0 Å². The van der Waals surface area contributed by atoms with Gasteiger partial charge < -0.3 is 15.4 Å². The first-order chi connectivity index (χ1) is 10.2. The number of nitrogen functional groups attached to an aromatic ring is 1. The average molecular weight is 290 g/mol. The number of anilines is 1. The van der Waals surface area contributed by atoms with Gasteiger partial charge in [-0.25, -0.2) is 0 Å². The Morgan fingerprint density at radius 3 is 2.86 bits per heavy atom. The number of nitrogens with two attached hydrogens (primary N) is 1. The van der Waals surface area contributed by atoms with Crippen molar-refractivity contribution in [3.05, 3.63) is 29.8 Å². The molecule has 1 atom stereocenters. The molecule has 1 saturated heterocycles. The minimum atomic E-state index is 0.248. The van der Waals surface area contributed by atoms with Crippen molar-refractivity contribution in [2.24, 2.45) is 0 Å². The molecular formula is C18H30N2O. The Hall–Kier alpha value is -1.06. The molecule has 1 unspecified atom stereocenters. The molecule has 0 amide bonds. The lowest BCUT2D eigenvalue weighted by molar-refractivity contribution is 0.105.